The Bertz CT molecular complexity index is 688. The van der Waals surface area contributed by atoms with Gasteiger partial charge in [-0.3, -0.25) is 9.69 Å². The molecule has 23 heavy (non-hydrogen) atoms. The molecule has 0 amide bonds. The van der Waals surface area contributed by atoms with Crippen LogP contribution >= 0.6 is 11.6 Å². The smallest absolute Gasteiger partial charge is 0.285 e. The molecule has 1 unspecified atom stereocenters. The van der Waals surface area contributed by atoms with E-state index in [2.05, 4.69) is 44.7 Å². The number of H-pyrrole nitrogens is 1. The summed E-state index contributed by atoms with van der Waals surface area (Å²) >= 11 is 6.02. The van der Waals surface area contributed by atoms with Gasteiger partial charge in [0.05, 0.1) is 11.9 Å². The first-order chi connectivity index (χ1) is 11.2. The van der Waals surface area contributed by atoms with Gasteiger partial charge in [0.1, 0.15) is 5.02 Å². The fraction of sp³-hybridized carbons (Fsp3) is 0.412. The second-order valence-corrected chi connectivity index (χ2v) is 6.29. The average Bonchev–Trinajstić information content (AvgIpc) is 2.58. The van der Waals surface area contributed by atoms with Gasteiger partial charge < -0.3 is 5.32 Å². The zero-order valence-electron chi connectivity index (χ0n) is 13.0. The van der Waals surface area contributed by atoms with E-state index < -0.39 is 0 Å². The van der Waals surface area contributed by atoms with Gasteiger partial charge in [0.15, 0.2) is 0 Å². The minimum Gasteiger partial charge on any atom is -0.381 e. The molecule has 1 saturated heterocycles. The van der Waals surface area contributed by atoms with Crippen LogP contribution in [0.5, 0.6) is 0 Å². The zero-order chi connectivity index (χ0) is 16.1. The van der Waals surface area contributed by atoms with Crippen molar-refractivity contribution in [3.05, 3.63) is 57.5 Å². The summed E-state index contributed by atoms with van der Waals surface area (Å²) in [5, 5.41) is 9.58. The molecule has 1 fully saturated rings. The molecule has 0 radical (unpaired) electrons. The van der Waals surface area contributed by atoms with Crippen molar-refractivity contribution >= 4 is 17.3 Å². The van der Waals surface area contributed by atoms with Crippen molar-refractivity contribution < 1.29 is 0 Å². The van der Waals surface area contributed by atoms with Gasteiger partial charge in [-0.2, -0.15) is 5.10 Å². The summed E-state index contributed by atoms with van der Waals surface area (Å²) in [5.41, 5.74) is 1.57. The molecular weight excluding hydrogens is 312 g/mol. The molecule has 0 spiro atoms. The largest absolute Gasteiger partial charge is 0.381 e. The Morgan fingerprint density at radius 3 is 2.96 bits per heavy atom. The van der Waals surface area contributed by atoms with E-state index in [1.807, 2.05) is 6.07 Å². The lowest BCUT2D eigenvalue weighted by Gasteiger charge is -2.36. The van der Waals surface area contributed by atoms with Crippen molar-refractivity contribution in [2.75, 3.05) is 18.4 Å². The Balaban J connectivity index is 1.65. The third kappa shape index (κ3) is 4.12. The van der Waals surface area contributed by atoms with E-state index in [4.69, 9.17) is 11.6 Å². The summed E-state index contributed by atoms with van der Waals surface area (Å²) in [4.78, 5) is 14.0. The number of likely N-dealkylation sites (tertiary alicyclic amines) is 1. The van der Waals surface area contributed by atoms with Gasteiger partial charge in [0.2, 0.25) is 0 Å². The molecule has 2 N–H and O–H groups in total. The van der Waals surface area contributed by atoms with Crippen LogP contribution in [0.15, 0.2) is 41.3 Å². The first-order valence-electron chi connectivity index (χ1n) is 7.99. The lowest BCUT2D eigenvalue weighted by atomic mass is 10.0. The van der Waals surface area contributed by atoms with E-state index in [9.17, 15) is 4.79 Å². The van der Waals surface area contributed by atoms with E-state index >= 15 is 0 Å². The number of nitrogens with one attached hydrogen (secondary N) is 2. The van der Waals surface area contributed by atoms with Gasteiger partial charge >= 0.3 is 0 Å². The number of nitrogens with zero attached hydrogens (tertiary/aromatic N) is 2. The Morgan fingerprint density at radius 2 is 2.13 bits per heavy atom. The first kappa shape index (κ1) is 16.0. The maximum absolute atomic E-state index is 11.5. The van der Waals surface area contributed by atoms with Crippen LogP contribution in [0.4, 0.5) is 5.69 Å². The molecule has 0 bridgehead atoms. The highest BCUT2D eigenvalue weighted by atomic mass is 35.5. The number of hydrogen-bond acceptors (Lipinski definition) is 4. The van der Waals surface area contributed by atoms with E-state index in [-0.39, 0.29) is 10.6 Å². The number of halogens is 1. The Kier molecular flexibility index (Phi) is 5.31. The van der Waals surface area contributed by atoms with Crippen molar-refractivity contribution in [3.8, 4) is 0 Å². The molecule has 1 aromatic carbocycles. The summed E-state index contributed by atoms with van der Waals surface area (Å²) < 4.78 is 0. The highest BCUT2D eigenvalue weighted by Gasteiger charge is 2.22. The van der Waals surface area contributed by atoms with Crippen molar-refractivity contribution in [2.24, 2.45) is 0 Å². The lowest BCUT2D eigenvalue weighted by molar-refractivity contribution is 0.148. The molecule has 2 aromatic rings. The minimum absolute atomic E-state index is 0.172. The number of aromatic nitrogens is 2. The van der Waals surface area contributed by atoms with Gasteiger partial charge in [-0.15, -0.1) is 0 Å². The van der Waals surface area contributed by atoms with Crippen LogP contribution in [0.1, 0.15) is 24.8 Å². The van der Waals surface area contributed by atoms with Gasteiger partial charge in [-0.05, 0) is 24.9 Å². The lowest BCUT2D eigenvalue weighted by Crippen LogP contribution is -2.43. The molecule has 1 atom stereocenters. The van der Waals surface area contributed by atoms with Crippen molar-refractivity contribution in [1.29, 1.82) is 0 Å². The van der Waals surface area contributed by atoms with Crippen LogP contribution in [-0.4, -0.2) is 34.2 Å². The summed E-state index contributed by atoms with van der Waals surface area (Å²) in [5.74, 6) is 0. The Morgan fingerprint density at radius 1 is 1.30 bits per heavy atom. The molecule has 1 aromatic heterocycles. The van der Waals surface area contributed by atoms with Gasteiger partial charge in [-0.25, -0.2) is 5.10 Å². The molecule has 122 valence electrons. The molecule has 1 aliphatic heterocycles. The van der Waals surface area contributed by atoms with Crippen LogP contribution < -0.4 is 10.9 Å². The topological polar surface area (TPSA) is 61.0 Å². The summed E-state index contributed by atoms with van der Waals surface area (Å²) in [6, 6.07) is 11.0. The van der Waals surface area contributed by atoms with Crippen molar-refractivity contribution in [2.45, 2.75) is 31.8 Å². The van der Waals surface area contributed by atoms with Gasteiger partial charge in [-0.1, -0.05) is 48.4 Å². The predicted octanol–water partition coefficient (Wildman–Crippen LogP) is 2.89. The van der Waals surface area contributed by atoms with E-state index in [0.717, 1.165) is 26.1 Å². The third-order valence-electron chi connectivity index (χ3n) is 4.30. The number of anilines is 1. The van der Waals surface area contributed by atoms with E-state index in [1.54, 1.807) is 6.20 Å². The number of hydrogen-bond donors (Lipinski definition) is 2. The second kappa shape index (κ2) is 7.62. The van der Waals surface area contributed by atoms with Crippen molar-refractivity contribution in [1.82, 2.24) is 15.1 Å². The highest BCUT2D eigenvalue weighted by Crippen LogP contribution is 2.21. The SMILES string of the molecule is O=c1[nH]ncc(NCC2CCCCN2Cc2ccccc2)c1Cl. The second-order valence-electron chi connectivity index (χ2n) is 5.91. The Labute approximate surface area is 140 Å². The Hall–Kier alpha value is -1.85. The number of aromatic amines is 1. The molecule has 6 heteroatoms. The number of piperidine rings is 1. The van der Waals surface area contributed by atoms with Gasteiger partial charge in [0, 0.05) is 19.1 Å². The summed E-state index contributed by atoms with van der Waals surface area (Å²) in [7, 11) is 0. The molecular formula is C17H21ClN4O. The number of rotatable bonds is 5. The molecule has 0 saturated carbocycles. The van der Waals surface area contributed by atoms with E-state index in [1.165, 1.54) is 18.4 Å². The van der Waals surface area contributed by atoms with Crippen molar-refractivity contribution in [3.63, 3.8) is 0 Å². The molecule has 1 aliphatic rings. The van der Waals surface area contributed by atoms with Crippen LogP contribution in [0.2, 0.25) is 5.02 Å². The fourth-order valence-electron chi connectivity index (χ4n) is 3.05. The maximum Gasteiger partial charge on any atom is 0.285 e. The van der Waals surface area contributed by atoms with Gasteiger partial charge in [0.25, 0.3) is 5.56 Å². The van der Waals surface area contributed by atoms with Crippen LogP contribution in [0.25, 0.3) is 0 Å². The number of benzene rings is 1. The molecule has 2 heterocycles. The fourth-order valence-corrected chi connectivity index (χ4v) is 3.21. The molecule has 5 nitrogen and oxygen atoms in total. The first-order valence-corrected chi connectivity index (χ1v) is 8.37. The average molecular weight is 333 g/mol. The predicted molar refractivity (Wildman–Crippen MR) is 92.8 cm³/mol. The quantitative estimate of drug-likeness (QED) is 0.884. The minimum atomic E-state index is -0.360. The third-order valence-corrected chi connectivity index (χ3v) is 4.68. The summed E-state index contributed by atoms with van der Waals surface area (Å²) in [6.45, 7) is 2.81. The molecule has 0 aliphatic carbocycles. The standard InChI is InChI=1S/C17H21ClN4O/c18-16-15(11-20-21-17(16)23)19-10-14-8-4-5-9-22(14)12-13-6-2-1-3-7-13/h1-3,6-7,11,14H,4-5,8-10,12H2,(H2,19,21,23). The van der Waals surface area contributed by atoms with Crippen LogP contribution in [0, 0.1) is 0 Å². The monoisotopic (exact) mass is 332 g/mol. The summed E-state index contributed by atoms with van der Waals surface area (Å²) in [6.07, 6.45) is 5.18. The molecule has 3 rings (SSSR count). The van der Waals surface area contributed by atoms with Crippen LogP contribution in [-0.2, 0) is 6.54 Å². The maximum atomic E-state index is 11.5. The van der Waals surface area contributed by atoms with Crippen LogP contribution in [0.3, 0.4) is 0 Å². The van der Waals surface area contributed by atoms with E-state index in [0.29, 0.717) is 11.7 Å². The zero-order valence-corrected chi connectivity index (χ0v) is 13.7. The highest BCUT2D eigenvalue weighted by molar-refractivity contribution is 6.32. The normalized spacial score (nSPS) is 18.7.